The normalized spacial score (nSPS) is 16.9. The lowest BCUT2D eigenvalue weighted by Crippen LogP contribution is -2.39. The summed E-state index contributed by atoms with van der Waals surface area (Å²) < 4.78 is 24.3. The molecule has 28 heavy (non-hydrogen) atoms. The molecule has 2 heterocycles. The number of aromatic amines is 1. The Bertz CT molecular complexity index is 747. The second kappa shape index (κ2) is 12.2. The van der Waals surface area contributed by atoms with Crippen LogP contribution in [-0.2, 0) is 15.9 Å². The van der Waals surface area contributed by atoms with Gasteiger partial charge in [0.15, 0.2) is 5.96 Å². The van der Waals surface area contributed by atoms with Gasteiger partial charge in [-0.15, -0.1) is 24.0 Å². The Kier molecular flexibility index (Phi) is 10.0. The summed E-state index contributed by atoms with van der Waals surface area (Å²) >= 11 is 0. The lowest BCUT2D eigenvalue weighted by atomic mass is 10.1. The number of guanidine groups is 1. The fourth-order valence-corrected chi connectivity index (χ4v) is 3.25. The van der Waals surface area contributed by atoms with Gasteiger partial charge in [-0.25, -0.2) is 4.39 Å². The van der Waals surface area contributed by atoms with Crippen molar-refractivity contribution in [2.45, 2.75) is 19.3 Å². The predicted octanol–water partition coefficient (Wildman–Crippen LogP) is 3.08. The van der Waals surface area contributed by atoms with E-state index in [0.29, 0.717) is 5.92 Å². The number of H-pyrrole nitrogens is 1. The molecule has 1 aromatic carbocycles. The van der Waals surface area contributed by atoms with Gasteiger partial charge in [0.2, 0.25) is 0 Å². The van der Waals surface area contributed by atoms with Crippen LogP contribution in [0, 0.1) is 11.7 Å². The van der Waals surface area contributed by atoms with Crippen LogP contribution in [0.3, 0.4) is 0 Å². The highest BCUT2D eigenvalue weighted by Crippen LogP contribution is 2.19. The first kappa shape index (κ1) is 22.9. The number of ether oxygens (including phenoxy) is 2. The third-order valence-electron chi connectivity index (χ3n) is 4.78. The second-order valence-electron chi connectivity index (χ2n) is 6.84. The van der Waals surface area contributed by atoms with Crippen molar-refractivity contribution in [2.24, 2.45) is 10.9 Å². The molecule has 0 bridgehead atoms. The summed E-state index contributed by atoms with van der Waals surface area (Å²) in [6.45, 7) is 4.80. The van der Waals surface area contributed by atoms with Crippen LogP contribution in [0.1, 0.15) is 18.4 Å². The van der Waals surface area contributed by atoms with E-state index in [2.05, 4.69) is 20.6 Å². The number of aromatic nitrogens is 1. The monoisotopic (exact) mass is 504 g/mol. The summed E-state index contributed by atoms with van der Waals surface area (Å²) in [5, 5.41) is 7.67. The molecule has 0 amide bonds. The highest BCUT2D eigenvalue weighted by Gasteiger charge is 2.15. The maximum absolute atomic E-state index is 13.3. The molecule has 1 fully saturated rings. The maximum atomic E-state index is 13.3. The van der Waals surface area contributed by atoms with E-state index in [0.717, 1.165) is 81.2 Å². The molecule has 1 unspecified atom stereocenters. The number of aliphatic imine (C=N–C) groups is 1. The topological polar surface area (TPSA) is 70.7 Å². The molecule has 0 spiro atoms. The summed E-state index contributed by atoms with van der Waals surface area (Å²) in [6.07, 6.45) is 4.82. The Morgan fingerprint density at radius 1 is 1.36 bits per heavy atom. The molecule has 2 aromatic rings. The van der Waals surface area contributed by atoms with Crippen molar-refractivity contribution in [3.8, 4) is 0 Å². The van der Waals surface area contributed by atoms with Crippen LogP contribution in [0.15, 0.2) is 29.4 Å². The number of nitrogens with zero attached hydrogens (tertiary/aromatic N) is 1. The first-order valence-corrected chi connectivity index (χ1v) is 9.62. The van der Waals surface area contributed by atoms with Gasteiger partial charge in [0.25, 0.3) is 0 Å². The number of hydrogen-bond acceptors (Lipinski definition) is 3. The van der Waals surface area contributed by atoms with Crippen molar-refractivity contribution in [1.82, 2.24) is 15.6 Å². The van der Waals surface area contributed by atoms with Crippen molar-refractivity contribution < 1.29 is 13.9 Å². The van der Waals surface area contributed by atoms with Crippen molar-refractivity contribution in [3.63, 3.8) is 0 Å². The standard InChI is InChI=1S/C20H29FN4O2.HI/c1-22-20(23-7-2-9-26-13-15-6-10-27-14-15)24-8-5-16-12-25-19-11-17(21)3-4-18(16)19;/h3-4,11-12,15,25H,2,5-10,13-14H2,1H3,(H2,22,23,24);1H. The molecule has 3 rings (SSSR count). The van der Waals surface area contributed by atoms with E-state index in [1.165, 1.54) is 12.1 Å². The number of rotatable bonds is 9. The van der Waals surface area contributed by atoms with E-state index in [-0.39, 0.29) is 29.8 Å². The highest BCUT2D eigenvalue weighted by atomic mass is 127. The predicted molar refractivity (Wildman–Crippen MR) is 121 cm³/mol. The van der Waals surface area contributed by atoms with E-state index in [1.54, 1.807) is 7.05 Å². The number of benzene rings is 1. The number of hydrogen-bond donors (Lipinski definition) is 3. The smallest absolute Gasteiger partial charge is 0.190 e. The summed E-state index contributed by atoms with van der Waals surface area (Å²) in [7, 11) is 1.76. The van der Waals surface area contributed by atoms with Gasteiger partial charge in [-0.3, -0.25) is 4.99 Å². The van der Waals surface area contributed by atoms with Crippen molar-refractivity contribution in [1.29, 1.82) is 0 Å². The van der Waals surface area contributed by atoms with Crippen LogP contribution in [-0.4, -0.2) is 57.5 Å². The van der Waals surface area contributed by atoms with Crippen LogP contribution in [0.4, 0.5) is 4.39 Å². The van der Waals surface area contributed by atoms with Gasteiger partial charge in [-0.05, 0) is 43.0 Å². The number of fused-ring (bicyclic) bond motifs is 1. The fourth-order valence-electron chi connectivity index (χ4n) is 3.25. The van der Waals surface area contributed by atoms with Crippen molar-refractivity contribution in [3.05, 3.63) is 35.8 Å². The zero-order valence-electron chi connectivity index (χ0n) is 16.3. The summed E-state index contributed by atoms with van der Waals surface area (Å²) in [4.78, 5) is 7.36. The van der Waals surface area contributed by atoms with Gasteiger partial charge >= 0.3 is 0 Å². The maximum Gasteiger partial charge on any atom is 0.190 e. The summed E-state index contributed by atoms with van der Waals surface area (Å²) in [5.41, 5.74) is 1.99. The van der Waals surface area contributed by atoms with Gasteiger partial charge in [0, 0.05) is 56.4 Å². The Balaban J connectivity index is 0.00000280. The zero-order valence-corrected chi connectivity index (χ0v) is 18.6. The molecule has 0 radical (unpaired) electrons. The molecule has 1 aliphatic rings. The minimum Gasteiger partial charge on any atom is -0.381 e. The van der Waals surface area contributed by atoms with Crippen molar-refractivity contribution in [2.75, 3.05) is 46.6 Å². The molecule has 1 aliphatic heterocycles. The Morgan fingerprint density at radius 3 is 3.00 bits per heavy atom. The number of halogens is 2. The van der Waals surface area contributed by atoms with Crippen LogP contribution >= 0.6 is 24.0 Å². The molecular weight excluding hydrogens is 474 g/mol. The van der Waals surface area contributed by atoms with E-state index in [1.807, 2.05) is 12.3 Å². The lowest BCUT2D eigenvalue weighted by Gasteiger charge is -2.12. The largest absolute Gasteiger partial charge is 0.381 e. The van der Waals surface area contributed by atoms with Gasteiger partial charge < -0.3 is 25.1 Å². The van der Waals surface area contributed by atoms with Crippen LogP contribution in [0.5, 0.6) is 0 Å². The fraction of sp³-hybridized carbons (Fsp3) is 0.550. The van der Waals surface area contributed by atoms with E-state index in [9.17, 15) is 4.39 Å². The summed E-state index contributed by atoms with van der Waals surface area (Å²) in [5.74, 6) is 1.12. The molecule has 156 valence electrons. The first-order chi connectivity index (χ1) is 13.3. The minimum atomic E-state index is -0.223. The van der Waals surface area contributed by atoms with Gasteiger partial charge in [-0.1, -0.05) is 0 Å². The summed E-state index contributed by atoms with van der Waals surface area (Å²) in [6, 6.07) is 4.84. The Morgan fingerprint density at radius 2 is 2.21 bits per heavy atom. The first-order valence-electron chi connectivity index (χ1n) is 9.62. The van der Waals surface area contributed by atoms with Gasteiger partial charge in [0.05, 0.1) is 13.2 Å². The molecule has 8 heteroatoms. The Labute approximate surface area is 182 Å². The van der Waals surface area contributed by atoms with E-state index in [4.69, 9.17) is 9.47 Å². The van der Waals surface area contributed by atoms with Crippen LogP contribution in [0.2, 0.25) is 0 Å². The second-order valence-corrected chi connectivity index (χ2v) is 6.84. The third kappa shape index (κ3) is 6.89. The molecule has 1 aromatic heterocycles. The lowest BCUT2D eigenvalue weighted by molar-refractivity contribution is 0.0888. The molecule has 1 atom stereocenters. The molecule has 3 N–H and O–H groups in total. The minimum absolute atomic E-state index is 0. The third-order valence-corrected chi connectivity index (χ3v) is 4.78. The van der Waals surface area contributed by atoms with Gasteiger partial charge in [-0.2, -0.15) is 0 Å². The zero-order chi connectivity index (χ0) is 18.9. The van der Waals surface area contributed by atoms with E-state index < -0.39 is 0 Å². The van der Waals surface area contributed by atoms with Crippen molar-refractivity contribution >= 4 is 40.8 Å². The molecule has 0 saturated carbocycles. The van der Waals surface area contributed by atoms with Crippen LogP contribution in [0.25, 0.3) is 10.9 Å². The van der Waals surface area contributed by atoms with E-state index >= 15 is 0 Å². The number of nitrogens with one attached hydrogen (secondary N) is 3. The van der Waals surface area contributed by atoms with Gasteiger partial charge in [0.1, 0.15) is 5.82 Å². The quantitative estimate of drug-likeness (QED) is 0.213. The average molecular weight is 504 g/mol. The highest BCUT2D eigenvalue weighted by molar-refractivity contribution is 14.0. The van der Waals surface area contributed by atoms with Crippen LogP contribution < -0.4 is 10.6 Å². The molecule has 1 saturated heterocycles. The Hall–Kier alpha value is -1.39. The molecule has 0 aliphatic carbocycles. The molecule has 6 nitrogen and oxygen atoms in total. The average Bonchev–Trinajstić information content (AvgIpc) is 3.32. The SMILES string of the molecule is CN=C(NCCCOCC1CCOC1)NCCc1c[nH]c2cc(F)ccc12.I. The molecular formula is C20H30FIN4O2.